The molecule has 0 amide bonds. The van der Waals surface area contributed by atoms with Crippen molar-refractivity contribution in [2.75, 3.05) is 13.1 Å². The number of benzene rings is 2. The van der Waals surface area contributed by atoms with Gasteiger partial charge < -0.3 is 10.2 Å². The minimum absolute atomic E-state index is 0.0592. The Morgan fingerprint density at radius 2 is 1.62 bits per heavy atom. The molecule has 5 nitrogen and oxygen atoms in total. The third-order valence-electron chi connectivity index (χ3n) is 5.45. The summed E-state index contributed by atoms with van der Waals surface area (Å²) in [6.45, 7) is -0.657. The molecule has 1 aromatic heterocycles. The van der Waals surface area contributed by atoms with Crippen molar-refractivity contribution in [3.63, 3.8) is 0 Å². The zero-order chi connectivity index (χ0) is 23.3. The largest absolute Gasteiger partial charge is 0.459 e. The fourth-order valence-electron chi connectivity index (χ4n) is 3.71. The van der Waals surface area contributed by atoms with E-state index in [4.69, 9.17) is 10.2 Å². The Kier molecular flexibility index (Phi) is 5.54. The van der Waals surface area contributed by atoms with E-state index in [-0.39, 0.29) is 46.8 Å². The Morgan fingerprint density at radius 1 is 1.00 bits per heavy atom. The lowest BCUT2D eigenvalue weighted by atomic mass is 10.0. The molecular weight excluding hydrogens is 455 g/mol. The average Bonchev–Trinajstić information content (AvgIpc) is 3.15. The highest BCUT2D eigenvalue weighted by Crippen LogP contribution is 2.39. The fraction of sp³-hybridized carbons (Fsp3) is 0.333. The zero-order valence-electron chi connectivity index (χ0n) is 16.6. The molecule has 0 spiro atoms. The Labute approximate surface area is 180 Å². The van der Waals surface area contributed by atoms with E-state index >= 15 is 0 Å². The van der Waals surface area contributed by atoms with Crippen LogP contribution in [0.3, 0.4) is 0 Å². The van der Waals surface area contributed by atoms with Gasteiger partial charge in [-0.3, -0.25) is 0 Å². The van der Waals surface area contributed by atoms with Gasteiger partial charge in [-0.05, 0) is 41.5 Å². The Balaban J connectivity index is 1.68. The first-order valence-corrected chi connectivity index (χ1v) is 11.2. The molecule has 3 aromatic rings. The third-order valence-corrected chi connectivity index (χ3v) is 7.37. The van der Waals surface area contributed by atoms with Crippen LogP contribution in [0.2, 0.25) is 0 Å². The van der Waals surface area contributed by atoms with Gasteiger partial charge in [0.15, 0.2) is 0 Å². The molecule has 0 unspecified atom stereocenters. The quantitative estimate of drug-likeness (QED) is 0.540. The van der Waals surface area contributed by atoms with E-state index in [2.05, 4.69) is 0 Å². The maximum Gasteiger partial charge on any atom is 0.420 e. The van der Waals surface area contributed by atoms with Crippen LogP contribution in [0.25, 0.3) is 22.1 Å². The van der Waals surface area contributed by atoms with E-state index in [1.807, 2.05) is 0 Å². The van der Waals surface area contributed by atoms with Crippen molar-refractivity contribution in [2.45, 2.75) is 36.4 Å². The number of hydrogen-bond acceptors (Lipinski definition) is 4. The fourth-order valence-corrected chi connectivity index (χ4v) is 5.15. The number of fused-ring (bicyclic) bond motifs is 1. The van der Waals surface area contributed by atoms with Gasteiger partial charge in [0.05, 0.1) is 17.0 Å². The molecule has 1 aliphatic rings. The van der Waals surface area contributed by atoms with Crippen LogP contribution in [-0.4, -0.2) is 31.7 Å². The Bertz CT molecular complexity index is 1240. The van der Waals surface area contributed by atoms with Gasteiger partial charge >= 0.3 is 6.18 Å². The van der Waals surface area contributed by atoms with E-state index in [9.17, 15) is 30.4 Å². The van der Waals surface area contributed by atoms with E-state index < -0.39 is 40.5 Å². The zero-order valence-corrected chi connectivity index (χ0v) is 17.4. The summed E-state index contributed by atoms with van der Waals surface area (Å²) in [5.74, 6) is -2.68. The highest BCUT2D eigenvalue weighted by atomic mass is 32.2. The van der Waals surface area contributed by atoms with Crippen molar-refractivity contribution in [3.05, 3.63) is 53.8 Å². The van der Waals surface area contributed by atoms with E-state index in [1.165, 1.54) is 36.4 Å². The van der Waals surface area contributed by atoms with Gasteiger partial charge in [0.1, 0.15) is 11.3 Å². The van der Waals surface area contributed by atoms with Crippen molar-refractivity contribution >= 4 is 21.0 Å². The van der Waals surface area contributed by atoms with Crippen molar-refractivity contribution in [1.82, 2.24) is 4.31 Å². The van der Waals surface area contributed by atoms with Crippen LogP contribution in [-0.2, 0) is 22.7 Å². The monoisotopic (exact) mass is 474 g/mol. The number of nitrogens with zero attached hydrogens (tertiary/aromatic N) is 1. The summed E-state index contributed by atoms with van der Waals surface area (Å²) in [5.41, 5.74) is 4.78. The van der Waals surface area contributed by atoms with Gasteiger partial charge in [-0.1, -0.05) is 12.1 Å². The molecule has 2 aromatic carbocycles. The summed E-state index contributed by atoms with van der Waals surface area (Å²) in [4.78, 5) is -0.114. The lowest BCUT2D eigenvalue weighted by Gasteiger charge is -2.30. The number of hydrogen-bond donors (Lipinski definition) is 1. The van der Waals surface area contributed by atoms with Crippen LogP contribution in [0, 0.1) is 0 Å². The maximum absolute atomic E-state index is 13.6. The molecular formula is C21H19F5N2O3S. The minimum Gasteiger partial charge on any atom is -0.459 e. The second-order valence-corrected chi connectivity index (χ2v) is 9.58. The van der Waals surface area contributed by atoms with Gasteiger partial charge in [-0.2, -0.15) is 17.5 Å². The van der Waals surface area contributed by atoms with Gasteiger partial charge in [-0.25, -0.2) is 17.2 Å². The van der Waals surface area contributed by atoms with Gasteiger partial charge in [0.25, 0.3) is 5.92 Å². The number of sulfonamides is 1. The highest BCUT2D eigenvalue weighted by Gasteiger charge is 2.39. The predicted octanol–water partition coefficient (Wildman–Crippen LogP) is 5.00. The molecule has 0 bridgehead atoms. The molecule has 1 saturated heterocycles. The number of rotatable bonds is 4. The van der Waals surface area contributed by atoms with Crippen LogP contribution in [0.15, 0.2) is 51.8 Å². The number of piperidine rings is 1. The lowest BCUT2D eigenvalue weighted by molar-refractivity contribution is -0.136. The molecule has 11 heteroatoms. The average molecular weight is 474 g/mol. The maximum atomic E-state index is 13.6. The topological polar surface area (TPSA) is 76.5 Å². The third kappa shape index (κ3) is 4.24. The van der Waals surface area contributed by atoms with E-state index in [0.29, 0.717) is 5.56 Å². The molecule has 1 aliphatic heterocycles. The van der Waals surface area contributed by atoms with Crippen molar-refractivity contribution in [3.8, 4) is 11.1 Å². The second-order valence-electron chi connectivity index (χ2n) is 7.64. The molecule has 0 saturated carbocycles. The Hall–Kier alpha value is -2.50. The number of alkyl halides is 5. The van der Waals surface area contributed by atoms with Crippen molar-refractivity contribution < 1.29 is 34.8 Å². The highest BCUT2D eigenvalue weighted by molar-refractivity contribution is 7.89. The molecule has 0 atom stereocenters. The Morgan fingerprint density at radius 3 is 2.19 bits per heavy atom. The van der Waals surface area contributed by atoms with Crippen molar-refractivity contribution in [1.29, 1.82) is 0 Å². The predicted molar refractivity (Wildman–Crippen MR) is 107 cm³/mol. The summed E-state index contributed by atoms with van der Waals surface area (Å²) in [7, 11) is -3.99. The molecule has 2 N–H and O–H groups in total. The molecule has 4 rings (SSSR count). The molecule has 1 fully saturated rings. The summed E-state index contributed by atoms with van der Waals surface area (Å²) < 4.78 is 99.1. The first-order valence-electron chi connectivity index (χ1n) is 9.73. The summed E-state index contributed by atoms with van der Waals surface area (Å²) >= 11 is 0. The number of nitrogens with two attached hydrogens (primary N) is 1. The standard InChI is InChI=1S/C21H19F5N2O3S/c22-20(23)5-7-28(8-6-20)32(29,30)17-3-1-13(2-4-17)14-9-15-10-16(12-27)31-19(15)18(11-14)21(24,25)26/h1-4,9-11H,5-8,12,27H2. The summed E-state index contributed by atoms with van der Waals surface area (Å²) in [5, 5.41) is 0.223. The van der Waals surface area contributed by atoms with Crippen molar-refractivity contribution in [2.24, 2.45) is 5.73 Å². The lowest BCUT2D eigenvalue weighted by Crippen LogP contribution is -2.42. The first-order chi connectivity index (χ1) is 14.9. The summed E-state index contributed by atoms with van der Waals surface area (Å²) in [6, 6.07) is 9.16. The van der Waals surface area contributed by atoms with Gasteiger partial charge in [0.2, 0.25) is 10.0 Å². The second kappa shape index (κ2) is 7.82. The van der Waals surface area contributed by atoms with E-state index in [0.717, 1.165) is 10.4 Å². The van der Waals surface area contributed by atoms with Crippen LogP contribution in [0.4, 0.5) is 22.0 Å². The SMILES string of the molecule is NCc1cc2cc(-c3ccc(S(=O)(=O)N4CCC(F)(F)CC4)cc3)cc(C(F)(F)F)c2o1. The molecule has 2 heterocycles. The summed E-state index contributed by atoms with van der Waals surface area (Å²) in [6.07, 6.45) is -5.78. The number of halogens is 5. The molecule has 32 heavy (non-hydrogen) atoms. The van der Waals surface area contributed by atoms with Crippen LogP contribution < -0.4 is 5.73 Å². The molecule has 0 radical (unpaired) electrons. The van der Waals surface area contributed by atoms with Crippen LogP contribution in [0.5, 0.6) is 0 Å². The van der Waals surface area contributed by atoms with E-state index in [1.54, 1.807) is 0 Å². The minimum atomic E-state index is -4.67. The number of furan rings is 1. The molecule has 0 aliphatic carbocycles. The first kappa shape index (κ1) is 22.7. The molecule has 172 valence electrons. The normalized spacial score (nSPS) is 17.7. The van der Waals surface area contributed by atoms with Gasteiger partial charge in [0, 0.05) is 31.3 Å². The van der Waals surface area contributed by atoms with Crippen LogP contribution >= 0.6 is 0 Å². The van der Waals surface area contributed by atoms with Crippen LogP contribution in [0.1, 0.15) is 24.2 Å². The van der Waals surface area contributed by atoms with Gasteiger partial charge in [-0.15, -0.1) is 0 Å². The smallest absolute Gasteiger partial charge is 0.420 e.